The average molecular weight is 259 g/mol. The van der Waals surface area contributed by atoms with Crippen LogP contribution in [0.2, 0.25) is 0 Å². The van der Waals surface area contributed by atoms with Crippen molar-refractivity contribution in [3.05, 3.63) is 22.8 Å². The van der Waals surface area contributed by atoms with Gasteiger partial charge >= 0.3 is 5.97 Å². The molecule has 0 N–H and O–H groups in total. The molecule has 0 aromatic rings. The second-order valence-electron chi connectivity index (χ2n) is 6.26. The largest absolute Gasteiger partial charge is 0.445 e. The number of unbranched alkanes of at least 4 members (excludes halogenated alkanes) is 1. The summed E-state index contributed by atoms with van der Waals surface area (Å²) in [5.74, 6) is -0.119. The van der Waals surface area contributed by atoms with Crippen LogP contribution >= 0.6 is 0 Å². The number of fused-ring (bicyclic) bond motifs is 1. The van der Waals surface area contributed by atoms with Crippen molar-refractivity contribution < 1.29 is 9.53 Å². The topological polar surface area (TPSA) is 29.5 Å². The van der Waals surface area contributed by atoms with E-state index in [2.05, 4.69) is 11.8 Å². The first-order valence-electron chi connectivity index (χ1n) is 7.69. The van der Waals surface area contributed by atoms with E-state index in [1.165, 1.54) is 55.4 Å². The van der Waals surface area contributed by atoms with E-state index in [-0.39, 0.29) is 11.6 Å². The number of hydrogen-bond donors (Lipinski definition) is 0. The van der Waals surface area contributed by atoms with Crippen molar-refractivity contribution in [3.63, 3.8) is 0 Å². The highest BCUT2D eigenvalue weighted by atomic mass is 16.6. The molecule has 1 spiro atoms. The summed E-state index contributed by atoms with van der Waals surface area (Å²) >= 11 is 0. The van der Waals surface area contributed by atoms with Crippen molar-refractivity contribution in [2.45, 2.75) is 57.1 Å². The number of rotatable bonds is 3. The maximum Gasteiger partial charge on any atom is 0.332 e. The summed E-state index contributed by atoms with van der Waals surface area (Å²) in [6, 6.07) is 0.430. The molecule has 2 atom stereocenters. The van der Waals surface area contributed by atoms with Crippen LogP contribution in [0.4, 0.5) is 0 Å². The van der Waals surface area contributed by atoms with Crippen molar-refractivity contribution in [3.8, 4) is 0 Å². The Balaban J connectivity index is 1.73. The Bertz CT molecular complexity index is 505. The zero-order chi connectivity index (χ0) is 13.0. The summed E-state index contributed by atoms with van der Waals surface area (Å²) in [6.45, 7) is 4.43. The fourth-order valence-electron chi connectivity index (χ4n) is 4.47. The van der Waals surface area contributed by atoms with Gasteiger partial charge in [0.1, 0.15) is 0 Å². The van der Waals surface area contributed by atoms with Gasteiger partial charge in [-0.05, 0) is 43.4 Å². The van der Waals surface area contributed by atoms with E-state index in [0.717, 1.165) is 13.0 Å². The molecular weight excluding hydrogens is 238 g/mol. The molecule has 3 heteroatoms. The number of ether oxygens (including phenoxy) is 1. The highest BCUT2D eigenvalue weighted by Gasteiger charge is 2.65. The first-order valence-corrected chi connectivity index (χ1v) is 7.69. The van der Waals surface area contributed by atoms with Gasteiger partial charge in [0.25, 0.3) is 0 Å². The maximum atomic E-state index is 11.8. The van der Waals surface area contributed by atoms with E-state index in [4.69, 9.17) is 4.74 Å². The zero-order valence-corrected chi connectivity index (χ0v) is 11.6. The number of carbonyl (C=O) groups is 1. The van der Waals surface area contributed by atoms with Crippen LogP contribution in [0, 0.1) is 0 Å². The van der Waals surface area contributed by atoms with E-state index < -0.39 is 0 Å². The van der Waals surface area contributed by atoms with Crippen molar-refractivity contribution in [1.29, 1.82) is 0 Å². The van der Waals surface area contributed by atoms with E-state index in [9.17, 15) is 4.79 Å². The molecule has 2 fully saturated rings. The van der Waals surface area contributed by atoms with Gasteiger partial charge in [-0.25, -0.2) is 4.79 Å². The third-order valence-electron chi connectivity index (χ3n) is 5.29. The standard InChI is InChI=1S/C16H21NO2/c1-2-3-6-11-12-9-15(18)19-16(12)13(11)10-17-8-5-4-7-14(16)17/h9,14H,2-8,10H2,1H3/t14?,16-/m1/s1. The maximum absolute atomic E-state index is 11.8. The van der Waals surface area contributed by atoms with Crippen molar-refractivity contribution in [1.82, 2.24) is 4.90 Å². The molecule has 4 aliphatic rings. The molecule has 0 aromatic carbocycles. The summed E-state index contributed by atoms with van der Waals surface area (Å²) in [5, 5.41) is 0. The molecule has 3 aliphatic heterocycles. The molecule has 0 aromatic heterocycles. The number of esters is 1. The molecule has 3 heterocycles. The lowest BCUT2D eigenvalue weighted by Crippen LogP contribution is -2.52. The summed E-state index contributed by atoms with van der Waals surface area (Å²) in [6.07, 6.45) is 9.05. The molecule has 0 amide bonds. The van der Waals surface area contributed by atoms with Crippen LogP contribution in [0.3, 0.4) is 0 Å². The van der Waals surface area contributed by atoms with Crippen LogP contribution in [0.25, 0.3) is 0 Å². The summed E-state index contributed by atoms with van der Waals surface area (Å²) in [4.78, 5) is 14.3. The molecule has 3 nitrogen and oxygen atoms in total. The van der Waals surface area contributed by atoms with Gasteiger partial charge in [0.05, 0.1) is 6.04 Å². The lowest BCUT2D eigenvalue weighted by Gasteiger charge is -2.44. The van der Waals surface area contributed by atoms with Gasteiger partial charge in [-0.3, -0.25) is 4.90 Å². The van der Waals surface area contributed by atoms with E-state index in [1.807, 2.05) is 0 Å². The second-order valence-corrected chi connectivity index (χ2v) is 6.26. The number of carbonyl (C=O) groups excluding carboxylic acids is 1. The first kappa shape index (κ1) is 11.7. The Morgan fingerprint density at radius 3 is 3.21 bits per heavy atom. The van der Waals surface area contributed by atoms with Gasteiger partial charge in [0, 0.05) is 18.2 Å². The number of piperidine rings is 1. The lowest BCUT2D eigenvalue weighted by molar-refractivity contribution is -0.146. The molecule has 19 heavy (non-hydrogen) atoms. The quantitative estimate of drug-likeness (QED) is 0.730. The molecule has 102 valence electrons. The van der Waals surface area contributed by atoms with E-state index in [1.54, 1.807) is 6.08 Å². The number of hydrogen-bond acceptors (Lipinski definition) is 3. The fourth-order valence-corrected chi connectivity index (χ4v) is 4.47. The van der Waals surface area contributed by atoms with Crippen LogP contribution in [0.1, 0.15) is 45.4 Å². The first-order chi connectivity index (χ1) is 9.27. The van der Waals surface area contributed by atoms with Crippen LogP contribution in [-0.4, -0.2) is 35.6 Å². The molecule has 1 aliphatic carbocycles. The van der Waals surface area contributed by atoms with Crippen molar-refractivity contribution >= 4 is 5.97 Å². The smallest absolute Gasteiger partial charge is 0.332 e. The molecular formula is C16H21NO2. The average Bonchev–Trinajstić information content (AvgIpc) is 2.86. The van der Waals surface area contributed by atoms with Crippen LogP contribution in [0.15, 0.2) is 22.8 Å². The third kappa shape index (κ3) is 1.34. The Morgan fingerprint density at radius 1 is 1.47 bits per heavy atom. The molecule has 0 radical (unpaired) electrons. The van der Waals surface area contributed by atoms with Gasteiger partial charge in [-0.2, -0.15) is 0 Å². The lowest BCUT2D eigenvalue weighted by atomic mass is 9.65. The Kier molecular flexibility index (Phi) is 2.44. The van der Waals surface area contributed by atoms with Gasteiger partial charge in [-0.15, -0.1) is 0 Å². The minimum absolute atomic E-state index is 0.119. The van der Waals surface area contributed by atoms with Crippen LogP contribution in [0.5, 0.6) is 0 Å². The monoisotopic (exact) mass is 259 g/mol. The van der Waals surface area contributed by atoms with Gasteiger partial charge in [-0.1, -0.05) is 19.8 Å². The molecule has 2 saturated heterocycles. The van der Waals surface area contributed by atoms with E-state index in [0.29, 0.717) is 6.04 Å². The summed E-state index contributed by atoms with van der Waals surface area (Å²) in [7, 11) is 0. The SMILES string of the molecule is CCCCC1=C2CN3CCCCC3[C@]23OC(=O)C=C13. The van der Waals surface area contributed by atoms with Crippen molar-refractivity contribution in [2.24, 2.45) is 0 Å². The van der Waals surface area contributed by atoms with Gasteiger partial charge < -0.3 is 4.74 Å². The summed E-state index contributed by atoms with van der Waals surface area (Å²) < 4.78 is 5.82. The van der Waals surface area contributed by atoms with Crippen LogP contribution < -0.4 is 0 Å². The fraction of sp³-hybridized carbons (Fsp3) is 0.688. The molecule has 0 saturated carbocycles. The highest BCUT2D eigenvalue weighted by molar-refractivity contribution is 5.92. The minimum atomic E-state index is -0.305. The Morgan fingerprint density at radius 2 is 2.37 bits per heavy atom. The van der Waals surface area contributed by atoms with E-state index >= 15 is 0 Å². The highest BCUT2D eigenvalue weighted by Crippen LogP contribution is 2.59. The molecule has 1 unspecified atom stereocenters. The number of nitrogens with zero attached hydrogens (tertiary/aromatic N) is 1. The predicted molar refractivity (Wildman–Crippen MR) is 72.7 cm³/mol. The van der Waals surface area contributed by atoms with Crippen LogP contribution in [-0.2, 0) is 9.53 Å². The predicted octanol–water partition coefficient (Wildman–Crippen LogP) is 2.58. The van der Waals surface area contributed by atoms with Gasteiger partial charge in [0.2, 0.25) is 0 Å². The minimum Gasteiger partial charge on any atom is -0.445 e. The van der Waals surface area contributed by atoms with Gasteiger partial charge in [0.15, 0.2) is 5.60 Å². The molecule has 0 bridgehead atoms. The van der Waals surface area contributed by atoms with Crippen molar-refractivity contribution in [2.75, 3.05) is 13.1 Å². The Hall–Kier alpha value is -1.09. The summed E-state index contributed by atoms with van der Waals surface area (Å²) in [5.41, 5.74) is 3.81. The molecule has 4 rings (SSSR count). The normalized spacial score (nSPS) is 36.4. The third-order valence-corrected chi connectivity index (χ3v) is 5.29. The second kappa shape index (κ2) is 3.95. The zero-order valence-electron chi connectivity index (χ0n) is 11.6. The Labute approximate surface area is 114 Å².